The molecule has 2 amide bonds. The number of carbonyl (C=O) groups excluding carboxylic acids is 2. The van der Waals surface area contributed by atoms with Crippen LogP contribution in [0.5, 0.6) is 0 Å². The van der Waals surface area contributed by atoms with E-state index in [4.69, 9.17) is 4.42 Å². The maximum atomic E-state index is 13.5. The van der Waals surface area contributed by atoms with Gasteiger partial charge in [-0.25, -0.2) is 13.4 Å². The third-order valence-corrected chi connectivity index (χ3v) is 7.95. The predicted octanol–water partition coefficient (Wildman–Crippen LogP) is 3.75. The van der Waals surface area contributed by atoms with Crippen LogP contribution in [0.3, 0.4) is 0 Å². The summed E-state index contributed by atoms with van der Waals surface area (Å²) in [4.78, 5) is 32.0. The van der Waals surface area contributed by atoms with E-state index in [0.717, 1.165) is 16.7 Å². The number of aromatic nitrogens is 1. The smallest absolute Gasteiger partial charge is 0.244 e. The monoisotopic (exact) mass is 481 g/mol. The minimum Gasteiger partial charge on any atom is -0.451 e. The van der Waals surface area contributed by atoms with Crippen molar-refractivity contribution < 1.29 is 22.4 Å². The van der Waals surface area contributed by atoms with E-state index in [1.807, 2.05) is 44.2 Å². The lowest BCUT2D eigenvalue weighted by molar-refractivity contribution is -0.124. The molecule has 1 aliphatic heterocycles. The number of anilines is 2. The molecule has 1 saturated heterocycles. The van der Waals surface area contributed by atoms with Crippen molar-refractivity contribution in [2.75, 3.05) is 28.3 Å². The van der Waals surface area contributed by atoms with Crippen molar-refractivity contribution in [1.29, 1.82) is 0 Å². The fourth-order valence-corrected chi connectivity index (χ4v) is 5.58. The maximum absolute atomic E-state index is 13.5. The zero-order chi connectivity index (χ0) is 24.3. The summed E-state index contributed by atoms with van der Waals surface area (Å²) in [6, 6.07) is 12.8. The molecular formula is C25H27N3O5S. The molecule has 0 unspecified atom stereocenters. The first-order valence-corrected chi connectivity index (χ1v) is 12.9. The molecule has 0 saturated carbocycles. The van der Waals surface area contributed by atoms with E-state index >= 15 is 0 Å². The van der Waals surface area contributed by atoms with E-state index < -0.39 is 15.8 Å². The first-order chi connectivity index (χ1) is 16.2. The van der Waals surface area contributed by atoms with E-state index in [1.54, 1.807) is 12.1 Å². The number of benzene rings is 2. The van der Waals surface area contributed by atoms with Gasteiger partial charge < -0.3 is 14.6 Å². The summed E-state index contributed by atoms with van der Waals surface area (Å²) in [7, 11) is -3.10. The van der Waals surface area contributed by atoms with Gasteiger partial charge in [0.25, 0.3) is 0 Å². The van der Waals surface area contributed by atoms with Gasteiger partial charge in [-0.3, -0.25) is 9.59 Å². The van der Waals surface area contributed by atoms with Crippen molar-refractivity contribution in [2.45, 2.75) is 26.7 Å². The van der Waals surface area contributed by atoms with E-state index in [1.165, 1.54) is 17.6 Å². The number of rotatable bonds is 6. The van der Waals surface area contributed by atoms with Crippen molar-refractivity contribution in [2.24, 2.45) is 5.92 Å². The molecular weight excluding hydrogens is 454 g/mol. The number of oxazole rings is 1. The normalized spacial score (nSPS) is 15.6. The molecule has 178 valence electrons. The minimum atomic E-state index is -3.10. The number of aryl methyl sites for hydroxylation is 1. The molecule has 0 bridgehead atoms. The minimum absolute atomic E-state index is 0.00584. The van der Waals surface area contributed by atoms with Crippen LogP contribution in [0.4, 0.5) is 11.4 Å². The summed E-state index contributed by atoms with van der Waals surface area (Å²) in [5.41, 5.74) is 4.71. The molecule has 8 nitrogen and oxygen atoms in total. The predicted molar refractivity (Wildman–Crippen MR) is 130 cm³/mol. The van der Waals surface area contributed by atoms with Crippen LogP contribution < -0.4 is 10.2 Å². The van der Waals surface area contributed by atoms with Crippen molar-refractivity contribution in [3.8, 4) is 11.3 Å². The summed E-state index contributed by atoms with van der Waals surface area (Å²) in [5, 5.41) is 2.85. The summed E-state index contributed by atoms with van der Waals surface area (Å²) in [5.74, 6) is -1.01. The SMILES string of the molecule is Cc1cccc(N(CC(=O)Nc2ccc(-c3cocn3)cc2)C(=O)C2CCS(=O)(=O)CC2)c1C. The van der Waals surface area contributed by atoms with E-state index in [9.17, 15) is 18.0 Å². The average molecular weight is 482 g/mol. The number of nitrogens with zero attached hydrogens (tertiary/aromatic N) is 2. The fourth-order valence-electron chi connectivity index (χ4n) is 4.09. The lowest BCUT2D eigenvalue weighted by atomic mass is 9.99. The molecule has 2 aromatic carbocycles. The second-order valence-electron chi connectivity index (χ2n) is 8.57. The van der Waals surface area contributed by atoms with E-state index in [0.29, 0.717) is 17.1 Å². The van der Waals surface area contributed by atoms with Gasteiger partial charge in [-0.2, -0.15) is 0 Å². The quantitative estimate of drug-likeness (QED) is 0.574. The lowest BCUT2D eigenvalue weighted by Gasteiger charge is -2.30. The van der Waals surface area contributed by atoms with Crippen LogP contribution in [0.25, 0.3) is 11.3 Å². The number of carbonyl (C=O) groups is 2. The maximum Gasteiger partial charge on any atom is 0.244 e. The lowest BCUT2D eigenvalue weighted by Crippen LogP contribution is -2.44. The number of amides is 2. The summed E-state index contributed by atoms with van der Waals surface area (Å²) in [6.07, 6.45) is 3.44. The standard InChI is InChI=1S/C25H27N3O5S/c1-17-4-3-5-23(18(17)2)28(25(30)20-10-12-34(31,32)13-11-20)14-24(29)27-21-8-6-19(7-9-21)22-15-33-16-26-22/h3-9,15-16,20H,10-14H2,1-2H3,(H,27,29). The summed E-state index contributed by atoms with van der Waals surface area (Å²) in [6.45, 7) is 3.69. The van der Waals surface area contributed by atoms with Crippen LogP contribution in [0.15, 0.2) is 59.5 Å². The second-order valence-corrected chi connectivity index (χ2v) is 10.9. The molecule has 34 heavy (non-hydrogen) atoms. The Labute approximate surface area is 198 Å². The van der Waals surface area contributed by atoms with Gasteiger partial charge in [-0.05, 0) is 56.0 Å². The van der Waals surface area contributed by atoms with Crippen LogP contribution in [0.1, 0.15) is 24.0 Å². The van der Waals surface area contributed by atoms with Crippen LogP contribution in [0, 0.1) is 19.8 Å². The number of hydrogen-bond donors (Lipinski definition) is 1. The van der Waals surface area contributed by atoms with Gasteiger partial charge in [-0.15, -0.1) is 0 Å². The van der Waals surface area contributed by atoms with Gasteiger partial charge in [0.1, 0.15) is 28.3 Å². The van der Waals surface area contributed by atoms with Crippen LogP contribution in [0.2, 0.25) is 0 Å². The molecule has 0 radical (unpaired) electrons. The highest BCUT2D eigenvalue weighted by molar-refractivity contribution is 7.91. The van der Waals surface area contributed by atoms with Crippen molar-refractivity contribution in [1.82, 2.24) is 4.98 Å². The van der Waals surface area contributed by atoms with Crippen LogP contribution in [-0.2, 0) is 19.4 Å². The Morgan fingerprint density at radius 1 is 1.09 bits per heavy atom. The van der Waals surface area contributed by atoms with E-state index in [2.05, 4.69) is 10.3 Å². The van der Waals surface area contributed by atoms with Gasteiger partial charge in [0.15, 0.2) is 6.39 Å². The Kier molecular flexibility index (Phi) is 6.83. The van der Waals surface area contributed by atoms with Gasteiger partial charge in [-0.1, -0.05) is 24.3 Å². The Hall–Kier alpha value is -3.46. The highest BCUT2D eigenvalue weighted by atomic mass is 32.2. The van der Waals surface area contributed by atoms with Crippen molar-refractivity contribution >= 4 is 33.0 Å². The molecule has 1 fully saturated rings. The molecule has 2 heterocycles. The molecule has 9 heteroatoms. The zero-order valence-corrected chi connectivity index (χ0v) is 20.0. The van der Waals surface area contributed by atoms with Crippen molar-refractivity contribution in [3.63, 3.8) is 0 Å². The first kappa shape index (κ1) is 23.7. The largest absolute Gasteiger partial charge is 0.451 e. The summed E-state index contributed by atoms with van der Waals surface area (Å²) >= 11 is 0. The molecule has 1 aliphatic rings. The molecule has 0 aliphatic carbocycles. The highest BCUT2D eigenvalue weighted by Gasteiger charge is 2.33. The van der Waals surface area contributed by atoms with Gasteiger partial charge >= 0.3 is 0 Å². The third-order valence-electron chi connectivity index (χ3n) is 6.24. The zero-order valence-electron chi connectivity index (χ0n) is 19.2. The van der Waals surface area contributed by atoms with Crippen molar-refractivity contribution in [3.05, 3.63) is 66.2 Å². The average Bonchev–Trinajstić information content (AvgIpc) is 3.35. The first-order valence-electron chi connectivity index (χ1n) is 11.1. The Morgan fingerprint density at radius 3 is 2.44 bits per heavy atom. The third kappa shape index (κ3) is 5.36. The molecule has 0 spiro atoms. The van der Waals surface area contributed by atoms with Gasteiger partial charge in [0.2, 0.25) is 11.8 Å². The van der Waals surface area contributed by atoms with Gasteiger partial charge in [0, 0.05) is 22.9 Å². The van der Waals surface area contributed by atoms with Gasteiger partial charge in [0.05, 0.1) is 11.5 Å². The Morgan fingerprint density at radius 2 is 1.79 bits per heavy atom. The topological polar surface area (TPSA) is 110 Å². The number of nitrogens with one attached hydrogen (secondary N) is 1. The fraction of sp³-hybridized carbons (Fsp3) is 0.320. The molecule has 3 aromatic rings. The molecule has 0 atom stereocenters. The van der Waals surface area contributed by atoms with Crippen LogP contribution in [-0.4, -0.2) is 43.3 Å². The molecule has 4 rings (SSSR count). The molecule has 1 aromatic heterocycles. The Bertz CT molecular complexity index is 1270. The Balaban J connectivity index is 1.52. The summed E-state index contributed by atoms with van der Waals surface area (Å²) < 4.78 is 28.7. The number of sulfone groups is 1. The second kappa shape index (κ2) is 9.80. The highest BCUT2D eigenvalue weighted by Crippen LogP contribution is 2.28. The van der Waals surface area contributed by atoms with Crippen LogP contribution >= 0.6 is 0 Å². The number of hydrogen-bond acceptors (Lipinski definition) is 6. The molecule has 1 N–H and O–H groups in total. The van der Waals surface area contributed by atoms with E-state index in [-0.39, 0.29) is 42.7 Å².